The van der Waals surface area contributed by atoms with Gasteiger partial charge in [0, 0.05) is 25.7 Å². The van der Waals surface area contributed by atoms with Crippen LogP contribution in [0.2, 0.25) is 0 Å². The fourth-order valence-electron chi connectivity index (χ4n) is 2.13. The Hall–Kier alpha value is -1.13. The largest absolute Gasteiger partial charge is 0.481 e. The Bertz CT molecular complexity index is 337. The van der Waals surface area contributed by atoms with Crippen molar-refractivity contribution < 1.29 is 4.74 Å². The van der Waals surface area contributed by atoms with Gasteiger partial charge in [0.2, 0.25) is 5.88 Å². The molecule has 0 aliphatic carbocycles. The molecule has 1 saturated heterocycles. The molecule has 1 fully saturated rings. The lowest BCUT2D eigenvalue weighted by atomic mass is 10.3. The van der Waals surface area contributed by atoms with Crippen LogP contribution in [0.15, 0.2) is 18.2 Å². The van der Waals surface area contributed by atoms with E-state index in [1.54, 1.807) is 7.11 Å². The van der Waals surface area contributed by atoms with Crippen molar-refractivity contribution in [2.45, 2.75) is 19.4 Å². The first-order valence-corrected chi connectivity index (χ1v) is 6.31. The van der Waals surface area contributed by atoms with Crippen molar-refractivity contribution in [3.63, 3.8) is 0 Å². The summed E-state index contributed by atoms with van der Waals surface area (Å²) in [5.74, 6) is 0.684. The normalized spacial score (nSPS) is 16.3. The Labute approximate surface area is 103 Å². The molecule has 0 unspecified atom stereocenters. The molecule has 4 heteroatoms. The number of aromatic nitrogens is 1. The van der Waals surface area contributed by atoms with Crippen LogP contribution in [0.25, 0.3) is 0 Å². The fourth-order valence-corrected chi connectivity index (χ4v) is 2.13. The maximum atomic E-state index is 5.10. The van der Waals surface area contributed by atoms with Gasteiger partial charge in [0.25, 0.3) is 0 Å². The summed E-state index contributed by atoms with van der Waals surface area (Å²) in [6.07, 6.45) is 2.72. The smallest absolute Gasteiger partial charge is 0.213 e. The Kier molecular flexibility index (Phi) is 4.76. The Morgan fingerprint density at radius 3 is 2.94 bits per heavy atom. The van der Waals surface area contributed by atoms with Crippen LogP contribution in [0.1, 0.15) is 18.5 Å². The second-order valence-corrected chi connectivity index (χ2v) is 4.40. The van der Waals surface area contributed by atoms with E-state index in [1.165, 1.54) is 25.9 Å². The third-order valence-electron chi connectivity index (χ3n) is 3.10. The predicted molar refractivity (Wildman–Crippen MR) is 68.2 cm³/mol. The van der Waals surface area contributed by atoms with Gasteiger partial charge >= 0.3 is 0 Å². The maximum Gasteiger partial charge on any atom is 0.213 e. The van der Waals surface area contributed by atoms with Crippen molar-refractivity contribution >= 4 is 0 Å². The van der Waals surface area contributed by atoms with E-state index in [1.807, 2.05) is 18.2 Å². The zero-order chi connectivity index (χ0) is 11.9. The molecular formula is C13H21N3O. The molecule has 1 aromatic heterocycles. The molecule has 0 amide bonds. The number of ether oxygens (including phenoxy) is 1. The summed E-state index contributed by atoms with van der Waals surface area (Å²) in [7, 11) is 1.65. The second kappa shape index (κ2) is 6.57. The monoisotopic (exact) mass is 235 g/mol. The Morgan fingerprint density at radius 1 is 1.35 bits per heavy atom. The minimum Gasteiger partial charge on any atom is -0.481 e. The van der Waals surface area contributed by atoms with Crippen LogP contribution < -0.4 is 10.1 Å². The number of nitrogens with zero attached hydrogens (tertiary/aromatic N) is 2. The van der Waals surface area contributed by atoms with Gasteiger partial charge in [-0.3, -0.25) is 0 Å². The topological polar surface area (TPSA) is 37.4 Å². The van der Waals surface area contributed by atoms with E-state index in [2.05, 4.69) is 15.2 Å². The van der Waals surface area contributed by atoms with E-state index in [0.29, 0.717) is 5.88 Å². The first kappa shape index (κ1) is 12.3. The molecule has 0 aromatic carbocycles. The Morgan fingerprint density at radius 2 is 2.18 bits per heavy atom. The standard InChI is InChI=1S/C13H21N3O/c1-17-13-6-4-5-12(15-13)11-14-7-10-16-8-2-3-9-16/h4-6,14H,2-3,7-11H2,1H3. The average Bonchev–Trinajstić information content (AvgIpc) is 2.88. The highest BCUT2D eigenvalue weighted by Gasteiger charge is 2.09. The molecule has 0 saturated carbocycles. The molecular weight excluding hydrogens is 214 g/mol. The number of hydrogen-bond acceptors (Lipinski definition) is 4. The molecule has 0 atom stereocenters. The summed E-state index contributed by atoms with van der Waals surface area (Å²) >= 11 is 0. The van der Waals surface area contributed by atoms with Crippen molar-refractivity contribution in [1.29, 1.82) is 0 Å². The van der Waals surface area contributed by atoms with Crippen LogP contribution in [0, 0.1) is 0 Å². The van der Waals surface area contributed by atoms with Crippen molar-refractivity contribution in [1.82, 2.24) is 15.2 Å². The summed E-state index contributed by atoms with van der Waals surface area (Å²) in [6.45, 7) is 5.51. The molecule has 94 valence electrons. The summed E-state index contributed by atoms with van der Waals surface area (Å²) in [5.41, 5.74) is 1.03. The zero-order valence-electron chi connectivity index (χ0n) is 10.5. The van der Waals surface area contributed by atoms with Gasteiger partial charge in [0.1, 0.15) is 0 Å². The quantitative estimate of drug-likeness (QED) is 0.754. The number of likely N-dealkylation sites (tertiary alicyclic amines) is 1. The SMILES string of the molecule is COc1cccc(CNCCN2CCCC2)n1. The summed E-state index contributed by atoms with van der Waals surface area (Å²) in [5, 5.41) is 3.42. The van der Waals surface area contributed by atoms with Crippen molar-refractivity contribution in [3.8, 4) is 5.88 Å². The highest BCUT2D eigenvalue weighted by Crippen LogP contribution is 2.07. The van der Waals surface area contributed by atoms with Gasteiger partial charge in [0.05, 0.1) is 12.8 Å². The summed E-state index contributed by atoms with van der Waals surface area (Å²) in [4.78, 5) is 6.87. The van der Waals surface area contributed by atoms with Gasteiger partial charge in [-0.15, -0.1) is 0 Å². The molecule has 0 bridgehead atoms. The highest BCUT2D eigenvalue weighted by atomic mass is 16.5. The number of methoxy groups -OCH3 is 1. The molecule has 1 aliphatic heterocycles. The van der Waals surface area contributed by atoms with E-state index in [9.17, 15) is 0 Å². The highest BCUT2D eigenvalue weighted by molar-refractivity contribution is 5.15. The molecule has 1 N–H and O–H groups in total. The van der Waals surface area contributed by atoms with E-state index >= 15 is 0 Å². The third-order valence-corrected chi connectivity index (χ3v) is 3.10. The fraction of sp³-hybridized carbons (Fsp3) is 0.615. The molecule has 2 heterocycles. The van der Waals surface area contributed by atoms with E-state index < -0.39 is 0 Å². The Balaban J connectivity index is 1.66. The van der Waals surface area contributed by atoms with Crippen molar-refractivity contribution in [3.05, 3.63) is 23.9 Å². The van der Waals surface area contributed by atoms with Crippen LogP contribution in [-0.2, 0) is 6.54 Å². The van der Waals surface area contributed by atoms with Gasteiger partial charge in [-0.1, -0.05) is 6.07 Å². The lowest BCUT2D eigenvalue weighted by molar-refractivity contribution is 0.335. The molecule has 0 radical (unpaired) electrons. The molecule has 0 spiro atoms. The van der Waals surface area contributed by atoms with Gasteiger partial charge < -0.3 is 15.0 Å². The van der Waals surface area contributed by atoms with Crippen LogP contribution in [0.3, 0.4) is 0 Å². The van der Waals surface area contributed by atoms with Crippen molar-refractivity contribution in [2.75, 3.05) is 33.3 Å². The van der Waals surface area contributed by atoms with Gasteiger partial charge in [0.15, 0.2) is 0 Å². The van der Waals surface area contributed by atoms with Crippen molar-refractivity contribution in [2.24, 2.45) is 0 Å². The predicted octanol–water partition coefficient (Wildman–Crippen LogP) is 1.28. The molecule has 17 heavy (non-hydrogen) atoms. The number of nitrogens with one attached hydrogen (secondary N) is 1. The molecule has 4 nitrogen and oxygen atoms in total. The summed E-state index contributed by atoms with van der Waals surface area (Å²) < 4.78 is 5.10. The van der Waals surface area contributed by atoms with Crippen LogP contribution >= 0.6 is 0 Å². The van der Waals surface area contributed by atoms with Crippen LogP contribution in [0.4, 0.5) is 0 Å². The molecule has 2 rings (SSSR count). The number of rotatable bonds is 6. The van der Waals surface area contributed by atoms with E-state index in [4.69, 9.17) is 4.74 Å². The van der Waals surface area contributed by atoms with Gasteiger partial charge in [-0.25, -0.2) is 4.98 Å². The second-order valence-electron chi connectivity index (χ2n) is 4.40. The average molecular weight is 235 g/mol. The summed E-state index contributed by atoms with van der Waals surface area (Å²) in [6, 6.07) is 5.86. The van der Waals surface area contributed by atoms with E-state index in [-0.39, 0.29) is 0 Å². The lowest BCUT2D eigenvalue weighted by Crippen LogP contribution is -2.29. The number of pyridine rings is 1. The lowest BCUT2D eigenvalue weighted by Gasteiger charge is -2.14. The van der Waals surface area contributed by atoms with Crippen LogP contribution in [0.5, 0.6) is 5.88 Å². The molecule has 1 aromatic rings. The maximum absolute atomic E-state index is 5.10. The van der Waals surface area contributed by atoms with Crippen LogP contribution in [-0.4, -0.2) is 43.2 Å². The number of hydrogen-bond donors (Lipinski definition) is 1. The zero-order valence-corrected chi connectivity index (χ0v) is 10.5. The van der Waals surface area contributed by atoms with Gasteiger partial charge in [-0.05, 0) is 32.0 Å². The first-order valence-electron chi connectivity index (χ1n) is 6.31. The third kappa shape index (κ3) is 3.98. The molecule has 1 aliphatic rings. The first-order chi connectivity index (χ1) is 8.38. The minimum absolute atomic E-state index is 0.684. The van der Waals surface area contributed by atoms with E-state index in [0.717, 1.165) is 25.3 Å². The minimum atomic E-state index is 0.684. The van der Waals surface area contributed by atoms with Gasteiger partial charge in [-0.2, -0.15) is 0 Å².